The topological polar surface area (TPSA) is 84.9 Å². The van der Waals surface area contributed by atoms with Crippen molar-refractivity contribution in [3.63, 3.8) is 0 Å². The molecule has 0 aliphatic heterocycles. The van der Waals surface area contributed by atoms with E-state index in [1.165, 1.54) is 38.5 Å². The van der Waals surface area contributed by atoms with Crippen LogP contribution in [0.15, 0.2) is 18.2 Å². The summed E-state index contributed by atoms with van der Waals surface area (Å²) in [6.45, 7) is 10.9. The molecule has 5 unspecified atom stereocenters. The number of unbranched alkanes of at least 4 members (excludes halogenated alkanes) is 6. The maximum absolute atomic E-state index is 13.0. The molecule has 3 rings (SSSR count). The van der Waals surface area contributed by atoms with Crippen LogP contribution in [-0.4, -0.2) is 29.1 Å². The third-order valence-corrected chi connectivity index (χ3v) is 7.91. The highest BCUT2D eigenvalue weighted by Crippen LogP contribution is 2.46. The molecular weight excluding hydrogens is 478 g/mol. The second-order valence-electron chi connectivity index (χ2n) is 12.6. The van der Waals surface area contributed by atoms with Crippen molar-refractivity contribution < 1.29 is 24.2 Å². The second-order valence-corrected chi connectivity index (χ2v) is 12.6. The lowest BCUT2D eigenvalue weighted by Gasteiger charge is -2.23. The van der Waals surface area contributed by atoms with Gasteiger partial charge in [-0.3, -0.25) is 9.59 Å². The summed E-state index contributed by atoms with van der Waals surface area (Å²) in [6.07, 6.45) is 12.7. The maximum Gasteiger partial charge on any atom is 0.314 e. The van der Waals surface area contributed by atoms with Gasteiger partial charge in [-0.05, 0) is 76.0 Å². The summed E-state index contributed by atoms with van der Waals surface area (Å²) >= 11 is 0. The van der Waals surface area contributed by atoms with Crippen LogP contribution in [0.5, 0.6) is 11.5 Å². The molecule has 0 saturated heterocycles. The molecule has 2 aliphatic carbocycles. The molecule has 5 atom stereocenters. The molecule has 2 saturated carbocycles. The molecule has 0 spiro atoms. The van der Waals surface area contributed by atoms with E-state index in [9.17, 15) is 14.7 Å². The average molecular weight is 530 g/mol. The number of nitrogens with one attached hydrogen (secondary N) is 1. The molecule has 38 heavy (non-hydrogen) atoms. The van der Waals surface area contributed by atoms with Crippen molar-refractivity contribution >= 4 is 11.9 Å². The highest BCUT2D eigenvalue weighted by atomic mass is 16.6. The molecule has 1 aromatic rings. The SMILES string of the molecule is CCCCCCC1CC1C(=O)Oc1ccc(C(O)CNC(C)(C)C)cc1OC(=O)C1CC1CCCCCC. The molecule has 2 fully saturated rings. The number of benzene rings is 1. The fraction of sp³-hybridized carbons (Fsp3) is 0.750. The number of β-amino-alcohol motifs (C(OH)–C–C–N with tert-alkyl or cyclic N) is 1. The zero-order valence-electron chi connectivity index (χ0n) is 24.4. The van der Waals surface area contributed by atoms with Crippen LogP contribution in [0.25, 0.3) is 0 Å². The normalized spacial score (nSPS) is 23.1. The Morgan fingerprint density at radius 2 is 1.39 bits per heavy atom. The molecular formula is C32H51NO5. The van der Waals surface area contributed by atoms with Crippen LogP contribution < -0.4 is 14.8 Å². The van der Waals surface area contributed by atoms with E-state index in [1.807, 2.05) is 20.8 Å². The van der Waals surface area contributed by atoms with Crippen LogP contribution in [0.2, 0.25) is 0 Å². The summed E-state index contributed by atoms with van der Waals surface area (Å²) in [6, 6.07) is 5.06. The minimum absolute atomic E-state index is 0.0719. The van der Waals surface area contributed by atoms with E-state index in [4.69, 9.17) is 9.47 Å². The molecule has 0 bridgehead atoms. The molecule has 0 amide bonds. The summed E-state index contributed by atoms with van der Waals surface area (Å²) in [5.41, 5.74) is 0.484. The zero-order valence-corrected chi connectivity index (χ0v) is 24.4. The van der Waals surface area contributed by atoms with Crippen LogP contribution in [0, 0.1) is 23.7 Å². The molecule has 0 heterocycles. The van der Waals surface area contributed by atoms with E-state index >= 15 is 0 Å². The first-order valence-electron chi connectivity index (χ1n) is 15.1. The Labute approximate surface area is 230 Å². The summed E-state index contributed by atoms with van der Waals surface area (Å²) in [4.78, 5) is 25.9. The summed E-state index contributed by atoms with van der Waals surface area (Å²) in [7, 11) is 0. The summed E-state index contributed by atoms with van der Waals surface area (Å²) < 4.78 is 11.6. The number of hydrogen-bond donors (Lipinski definition) is 2. The minimum atomic E-state index is -0.778. The smallest absolute Gasteiger partial charge is 0.314 e. The van der Waals surface area contributed by atoms with Gasteiger partial charge < -0.3 is 19.9 Å². The number of ether oxygens (including phenoxy) is 2. The van der Waals surface area contributed by atoms with Crippen molar-refractivity contribution in [1.82, 2.24) is 5.32 Å². The fourth-order valence-corrected chi connectivity index (χ4v) is 5.16. The average Bonchev–Trinajstić information content (AvgIpc) is 3.79. The standard InChI is InChI=1S/C32H51NO5/c1-6-8-10-12-14-22-18-25(22)30(35)37-28-17-16-24(27(34)21-33-32(3,4)5)20-29(28)38-31(36)26-19-23(26)15-13-11-9-7-2/h16-17,20,22-23,25-27,33-34H,6-15,18-19,21H2,1-5H3. The van der Waals surface area contributed by atoms with Crippen LogP contribution >= 0.6 is 0 Å². The van der Waals surface area contributed by atoms with E-state index in [-0.39, 0.29) is 40.8 Å². The van der Waals surface area contributed by atoms with Crippen molar-refractivity contribution in [2.75, 3.05) is 6.54 Å². The Balaban J connectivity index is 1.63. The molecule has 214 valence electrons. The molecule has 2 N–H and O–H groups in total. The Morgan fingerprint density at radius 3 is 1.89 bits per heavy atom. The highest BCUT2D eigenvalue weighted by molar-refractivity contribution is 5.81. The van der Waals surface area contributed by atoms with E-state index in [1.54, 1.807) is 18.2 Å². The van der Waals surface area contributed by atoms with Gasteiger partial charge in [-0.15, -0.1) is 0 Å². The molecule has 6 nitrogen and oxygen atoms in total. The summed E-state index contributed by atoms with van der Waals surface area (Å²) in [5.74, 6) is 0.606. The van der Waals surface area contributed by atoms with Crippen LogP contribution in [0.3, 0.4) is 0 Å². The van der Waals surface area contributed by atoms with Crippen molar-refractivity contribution in [3.05, 3.63) is 23.8 Å². The maximum atomic E-state index is 13.0. The number of carbonyl (C=O) groups is 2. The lowest BCUT2D eigenvalue weighted by atomic mass is 10.1. The van der Waals surface area contributed by atoms with Gasteiger partial charge in [0, 0.05) is 12.1 Å². The van der Waals surface area contributed by atoms with Gasteiger partial charge in [-0.1, -0.05) is 71.3 Å². The lowest BCUT2D eigenvalue weighted by Crippen LogP contribution is -2.38. The monoisotopic (exact) mass is 529 g/mol. The van der Waals surface area contributed by atoms with Crippen molar-refractivity contribution in [2.45, 2.75) is 123 Å². The number of hydrogen-bond acceptors (Lipinski definition) is 6. The van der Waals surface area contributed by atoms with Gasteiger partial charge in [0.25, 0.3) is 0 Å². The van der Waals surface area contributed by atoms with Gasteiger partial charge >= 0.3 is 11.9 Å². The number of rotatable bonds is 17. The number of aliphatic hydroxyl groups is 1. The first-order valence-corrected chi connectivity index (χ1v) is 15.1. The van der Waals surface area contributed by atoms with Crippen molar-refractivity contribution in [2.24, 2.45) is 23.7 Å². The van der Waals surface area contributed by atoms with Crippen LogP contribution in [0.1, 0.15) is 123 Å². The Morgan fingerprint density at radius 1 is 0.868 bits per heavy atom. The van der Waals surface area contributed by atoms with Gasteiger partial charge in [0.1, 0.15) is 0 Å². The Hall–Kier alpha value is -1.92. The zero-order chi connectivity index (χ0) is 27.7. The second kappa shape index (κ2) is 14.5. The Kier molecular flexibility index (Phi) is 11.7. The number of esters is 2. The van der Waals surface area contributed by atoms with E-state index in [0.29, 0.717) is 23.9 Å². The molecule has 1 aromatic carbocycles. The van der Waals surface area contributed by atoms with E-state index in [0.717, 1.165) is 38.5 Å². The third kappa shape index (κ3) is 10.00. The van der Waals surface area contributed by atoms with Gasteiger partial charge in [0.2, 0.25) is 0 Å². The molecule has 0 aromatic heterocycles. The van der Waals surface area contributed by atoms with Crippen molar-refractivity contribution in [1.29, 1.82) is 0 Å². The number of aliphatic hydroxyl groups excluding tert-OH is 1. The van der Waals surface area contributed by atoms with E-state index < -0.39 is 6.10 Å². The highest BCUT2D eigenvalue weighted by Gasteiger charge is 2.45. The largest absolute Gasteiger partial charge is 0.422 e. The fourth-order valence-electron chi connectivity index (χ4n) is 5.16. The minimum Gasteiger partial charge on any atom is -0.422 e. The first kappa shape index (κ1) is 30.6. The van der Waals surface area contributed by atoms with Gasteiger partial charge in [0.05, 0.1) is 17.9 Å². The van der Waals surface area contributed by atoms with Crippen LogP contribution in [-0.2, 0) is 9.59 Å². The Bertz CT molecular complexity index is 908. The first-order chi connectivity index (χ1) is 18.1. The van der Waals surface area contributed by atoms with Crippen LogP contribution in [0.4, 0.5) is 0 Å². The van der Waals surface area contributed by atoms with Gasteiger partial charge in [-0.25, -0.2) is 0 Å². The molecule has 2 aliphatic rings. The summed E-state index contributed by atoms with van der Waals surface area (Å²) in [5, 5.41) is 14.1. The van der Waals surface area contributed by atoms with Gasteiger partial charge in [0.15, 0.2) is 11.5 Å². The molecule has 0 radical (unpaired) electrons. The predicted octanol–water partition coefficient (Wildman–Crippen LogP) is 7.13. The third-order valence-electron chi connectivity index (χ3n) is 7.91. The predicted molar refractivity (Wildman–Crippen MR) is 151 cm³/mol. The van der Waals surface area contributed by atoms with Gasteiger partial charge in [-0.2, -0.15) is 0 Å². The number of carbonyl (C=O) groups excluding carboxylic acids is 2. The molecule has 6 heteroatoms. The lowest BCUT2D eigenvalue weighted by molar-refractivity contribution is -0.139. The van der Waals surface area contributed by atoms with Crippen molar-refractivity contribution in [3.8, 4) is 11.5 Å². The quantitative estimate of drug-likeness (QED) is 0.127. The van der Waals surface area contributed by atoms with E-state index in [2.05, 4.69) is 19.2 Å².